The zero-order chi connectivity index (χ0) is 9.84. The van der Waals surface area contributed by atoms with E-state index in [4.69, 9.17) is 21.4 Å². The lowest BCUT2D eigenvalue weighted by Gasteiger charge is -2.12. The van der Waals surface area contributed by atoms with Crippen LogP contribution in [0.5, 0.6) is 5.88 Å². The first-order valence-electron chi connectivity index (χ1n) is 3.68. The van der Waals surface area contributed by atoms with Crippen LogP contribution in [0.3, 0.4) is 0 Å². The standard InChI is InChI=1S/C8H10ClNO3/c1-13-8-7(6(12)4-11)5(9)2-3-10-8/h2-3,6,11-12H,4H2,1H3. The van der Waals surface area contributed by atoms with Gasteiger partial charge >= 0.3 is 0 Å². The third-order valence-corrected chi connectivity index (χ3v) is 1.93. The topological polar surface area (TPSA) is 62.6 Å². The highest BCUT2D eigenvalue weighted by molar-refractivity contribution is 6.31. The Labute approximate surface area is 80.8 Å². The summed E-state index contributed by atoms with van der Waals surface area (Å²) < 4.78 is 4.88. The SMILES string of the molecule is COc1nccc(Cl)c1C(O)CO. The molecule has 0 radical (unpaired) electrons. The summed E-state index contributed by atoms with van der Waals surface area (Å²) in [6.07, 6.45) is 0.408. The summed E-state index contributed by atoms with van der Waals surface area (Å²) in [6.45, 7) is -0.415. The fourth-order valence-corrected chi connectivity index (χ4v) is 1.25. The van der Waals surface area contributed by atoms with Gasteiger partial charge < -0.3 is 14.9 Å². The molecule has 0 spiro atoms. The van der Waals surface area contributed by atoms with Gasteiger partial charge in [0.05, 0.1) is 24.3 Å². The summed E-state index contributed by atoms with van der Waals surface area (Å²) in [5.41, 5.74) is 0.314. The van der Waals surface area contributed by atoms with Crippen molar-refractivity contribution < 1.29 is 14.9 Å². The number of rotatable bonds is 3. The molecule has 0 aliphatic carbocycles. The average molecular weight is 204 g/mol. The van der Waals surface area contributed by atoms with Crippen LogP contribution in [-0.2, 0) is 0 Å². The van der Waals surface area contributed by atoms with Crippen molar-refractivity contribution in [2.45, 2.75) is 6.10 Å². The second-order valence-corrected chi connectivity index (χ2v) is 2.82. The zero-order valence-corrected chi connectivity index (χ0v) is 7.82. The van der Waals surface area contributed by atoms with Crippen LogP contribution in [0.1, 0.15) is 11.7 Å². The molecule has 1 rings (SSSR count). The van der Waals surface area contributed by atoms with E-state index in [-0.39, 0.29) is 5.88 Å². The molecular weight excluding hydrogens is 194 g/mol. The number of hydrogen-bond acceptors (Lipinski definition) is 4. The third kappa shape index (κ3) is 2.09. The number of pyridine rings is 1. The van der Waals surface area contributed by atoms with Crippen LogP contribution in [0, 0.1) is 0 Å². The van der Waals surface area contributed by atoms with Crippen molar-refractivity contribution in [3.63, 3.8) is 0 Å². The Bertz CT molecular complexity index is 293. The Hall–Kier alpha value is -0.840. The van der Waals surface area contributed by atoms with Crippen molar-refractivity contribution in [1.82, 2.24) is 4.98 Å². The van der Waals surface area contributed by atoms with Gasteiger partial charge in [-0.05, 0) is 6.07 Å². The highest BCUT2D eigenvalue weighted by atomic mass is 35.5. The highest BCUT2D eigenvalue weighted by Crippen LogP contribution is 2.29. The number of aliphatic hydroxyl groups excluding tert-OH is 2. The molecule has 1 aromatic heterocycles. The lowest BCUT2D eigenvalue weighted by Crippen LogP contribution is -2.06. The second kappa shape index (κ2) is 4.41. The Balaban J connectivity index is 3.14. The minimum absolute atomic E-state index is 0.231. The van der Waals surface area contributed by atoms with Gasteiger partial charge in [0.1, 0.15) is 6.10 Å². The van der Waals surface area contributed by atoms with Crippen molar-refractivity contribution in [1.29, 1.82) is 0 Å². The van der Waals surface area contributed by atoms with E-state index in [0.29, 0.717) is 10.6 Å². The maximum absolute atomic E-state index is 9.37. The maximum Gasteiger partial charge on any atom is 0.220 e. The first-order chi connectivity index (χ1) is 6.20. The predicted molar refractivity (Wildman–Crippen MR) is 47.8 cm³/mol. The van der Waals surface area contributed by atoms with Crippen molar-refractivity contribution >= 4 is 11.6 Å². The number of methoxy groups -OCH3 is 1. The van der Waals surface area contributed by atoms with Gasteiger partial charge in [-0.25, -0.2) is 4.98 Å². The molecule has 0 amide bonds. The molecule has 0 aliphatic rings. The smallest absolute Gasteiger partial charge is 0.220 e. The lowest BCUT2D eigenvalue weighted by atomic mass is 10.1. The molecule has 0 fully saturated rings. The molecule has 13 heavy (non-hydrogen) atoms. The van der Waals surface area contributed by atoms with Gasteiger partial charge in [0.15, 0.2) is 0 Å². The van der Waals surface area contributed by atoms with E-state index < -0.39 is 12.7 Å². The second-order valence-electron chi connectivity index (χ2n) is 2.41. The molecule has 1 aromatic rings. The minimum Gasteiger partial charge on any atom is -0.481 e. The fourth-order valence-electron chi connectivity index (χ4n) is 0.988. The molecule has 2 N–H and O–H groups in total. The molecule has 0 aromatic carbocycles. The number of ether oxygens (including phenoxy) is 1. The zero-order valence-electron chi connectivity index (χ0n) is 7.07. The Morgan fingerprint density at radius 1 is 1.69 bits per heavy atom. The largest absolute Gasteiger partial charge is 0.481 e. The Morgan fingerprint density at radius 2 is 2.38 bits per heavy atom. The van der Waals surface area contributed by atoms with Crippen LogP contribution in [-0.4, -0.2) is 28.9 Å². The van der Waals surface area contributed by atoms with Gasteiger partial charge in [-0.2, -0.15) is 0 Å². The van der Waals surface area contributed by atoms with Crippen molar-refractivity contribution in [2.24, 2.45) is 0 Å². The number of aromatic nitrogens is 1. The van der Waals surface area contributed by atoms with E-state index in [2.05, 4.69) is 4.98 Å². The average Bonchev–Trinajstić information content (AvgIpc) is 2.16. The Morgan fingerprint density at radius 3 is 2.92 bits per heavy atom. The first kappa shape index (κ1) is 10.2. The van der Waals surface area contributed by atoms with Gasteiger partial charge in [-0.3, -0.25) is 0 Å². The summed E-state index contributed by atoms with van der Waals surface area (Å²) in [6, 6.07) is 1.53. The normalized spacial score (nSPS) is 12.6. The summed E-state index contributed by atoms with van der Waals surface area (Å²) in [5.74, 6) is 0.231. The molecule has 1 atom stereocenters. The van der Waals surface area contributed by atoms with Crippen molar-refractivity contribution in [3.8, 4) is 5.88 Å². The van der Waals surface area contributed by atoms with E-state index in [1.54, 1.807) is 0 Å². The van der Waals surface area contributed by atoms with E-state index in [0.717, 1.165) is 0 Å². The quantitative estimate of drug-likeness (QED) is 0.762. The van der Waals surface area contributed by atoms with Crippen LogP contribution >= 0.6 is 11.6 Å². The summed E-state index contributed by atoms with van der Waals surface area (Å²) in [4.78, 5) is 3.85. The van der Waals surface area contributed by atoms with Gasteiger partial charge in [0, 0.05) is 6.20 Å². The number of halogens is 1. The monoisotopic (exact) mass is 203 g/mol. The molecule has 0 saturated carbocycles. The summed E-state index contributed by atoms with van der Waals surface area (Å²) in [7, 11) is 1.42. The maximum atomic E-state index is 9.37. The van der Waals surface area contributed by atoms with Gasteiger partial charge in [0.25, 0.3) is 0 Å². The van der Waals surface area contributed by atoms with Gasteiger partial charge in [-0.15, -0.1) is 0 Å². The van der Waals surface area contributed by atoms with Gasteiger partial charge in [-0.1, -0.05) is 11.6 Å². The molecule has 1 heterocycles. The molecule has 1 unspecified atom stereocenters. The van der Waals surface area contributed by atoms with E-state index in [9.17, 15) is 5.11 Å². The van der Waals surface area contributed by atoms with Crippen molar-refractivity contribution in [3.05, 3.63) is 22.8 Å². The molecule has 0 saturated heterocycles. The van der Waals surface area contributed by atoms with Crippen LogP contribution in [0.2, 0.25) is 5.02 Å². The highest BCUT2D eigenvalue weighted by Gasteiger charge is 2.16. The van der Waals surface area contributed by atoms with E-state index in [1.165, 1.54) is 19.4 Å². The van der Waals surface area contributed by atoms with Crippen LogP contribution in [0.15, 0.2) is 12.3 Å². The fraction of sp³-hybridized carbons (Fsp3) is 0.375. The van der Waals surface area contributed by atoms with Crippen molar-refractivity contribution in [2.75, 3.05) is 13.7 Å². The molecule has 0 bridgehead atoms. The van der Waals surface area contributed by atoms with Crippen LogP contribution in [0.25, 0.3) is 0 Å². The molecular formula is C8H10ClNO3. The van der Waals surface area contributed by atoms with Gasteiger partial charge in [0.2, 0.25) is 5.88 Å². The lowest BCUT2D eigenvalue weighted by molar-refractivity contribution is 0.0928. The van der Waals surface area contributed by atoms with E-state index in [1.807, 2.05) is 0 Å². The van der Waals surface area contributed by atoms with E-state index >= 15 is 0 Å². The Kier molecular flexibility index (Phi) is 3.48. The number of nitrogens with zero attached hydrogens (tertiary/aromatic N) is 1. The van der Waals surface area contributed by atoms with Crippen LogP contribution < -0.4 is 4.74 Å². The van der Waals surface area contributed by atoms with Crippen LogP contribution in [0.4, 0.5) is 0 Å². The number of aliphatic hydroxyl groups is 2. The minimum atomic E-state index is -1.06. The molecule has 72 valence electrons. The first-order valence-corrected chi connectivity index (χ1v) is 4.05. The number of hydrogen-bond donors (Lipinski definition) is 2. The molecule has 0 aliphatic heterocycles. The summed E-state index contributed by atoms with van der Waals surface area (Å²) in [5, 5.41) is 18.4. The summed E-state index contributed by atoms with van der Waals surface area (Å²) >= 11 is 5.79. The third-order valence-electron chi connectivity index (χ3n) is 1.60. The molecule has 4 nitrogen and oxygen atoms in total. The predicted octanol–water partition coefficient (Wildman–Crippen LogP) is 0.769. The molecule has 5 heteroatoms.